The molecule has 120 valence electrons. The normalized spacial score (nSPS) is 10.2. The molecule has 0 radical (unpaired) electrons. The number of benzene rings is 2. The van der Waals surface area contributed by atoms with E-state index in [1.807, 2.05) is 31.2 Å². The topological polar surface area (TPSA) is 55.4 Å². The van der Waals surface area contributed by atoms with Gasteiger partial charge < -0.3 is 10.1 Å². The Labute approximate surface area is 140 Å². The fraction of sp³-hybridized carbons (Fsp3) is 0.222. The third kappa shape index (κ3) is 4.83. The number of amides is 1. The fourth-order valence-electron chi connectivity index (χ4n) is 2.09. The molecule has 1 N–H and O–H groups in total. The maximum atomic E-state index is 12.1. The van der Waals surface area contributed by atoms with E-state index < -0.39 is 5.97 Å². The monoisotopic (exact) mass is 331 g/mol. The molecule has 0 saturated carbocycles. The first-order chi connectivity index (χ1) is 11.0. The number of methoxy groups -OCH3 is 1. The molecule has 0 bridgehead atoms. The zero-order valence-electron chi connectivity index (χ0n) is 13.1. The highest BCUT2D eigenvalue weighted by molar-refractivity contribution is 6.33. The van der Waals surface area contributed by atoms with Gasteiger partial charge in [0.15, 0.2) is 0 Å². The van der Waals surface area contributed by atoms with Crippen LogP contribution in [0.2, 0.25) is 5.02 Å². The molecule has 0 aliphatic heterocycles. The molecule has 0 fully saturated rings. The van der Waals surface area contributed by atoms with E-state index in [9.17, 15) is 9.59 Å². The number of esters is 1. The molecule has 0 unspecified atom stereocenters. The number of carbonyl (C=O) groups is 2. The van der Waals surface area contributed by atoms with E-state index in [0.717, 1.165) is 5.56 Å². The molecule has 2 rings (SSSR count). The average molecular weight is 332 g/mol. The predicted molar refractivity (Wildman–Crippen MR) is 90.9 cm³/mol. The van der Waals surface area contributed by atoms with Crippen LogP contribution in [0.1, 0.15) is 27.9 Å². The van der Waals surface area contributed by atoms with Gasteiger partial charge >= 0.3 is 5.97 Å². The van der Waals surface area contributed by atoms with E-state index in [0.29, 0.717) is 29.1 Å². The maximum Gasteiger partial charge on any atom is 0.337 e. The largest absolute Gasteiger partial charge is 0.465 e. The van der Waals surface area contributed by atoms with Gasteiger partial charge in [0.25, 0.3) is 0 Å². The third-order valence-electron chi connectivity index (χ3n) is 3.42. The highest BCUT2D eigenvalue weighted by Crippen LogP contribution is 2.23. The van der Waals surface area contributed by atoms with E-state index in [2.05, 4.69) is 10.1 Å². The van der Waals surface area contributed by atoms with E-state index in [1.54, 1.807) is 12.1 Å². The summed E-state index contributed by atoms with van der Waals surface area (Å²) in [5, 5.41) is 3.11. The number of rotatable bonds is 5. The molecule has 0 spiro atoms. The Morgan fingerprint density at radius 2 is 1.83 bits per heavy atom. The lowest BCUT2D eigenvalue weighted by atomic mass is 10.1. The quantitative estimate of drug-likeness (QED) is 0.842. The van der Waals surface area contributed by atoms with Crippen molar-refractivity contribution in [3.8, 4) is 0 Å². The zero-order valence-corrected chi connectivity index (χ0v) is 13.8. The van der Waals surface area contributed by atoms with Crippen LogP contribution < -0.4 is 5.32 Å². The summed E-state index contributed by atoms with van der Waals surface area (Å²) in [6, 6.07) is 12.7. The highest BCUT2D eigenvalue weighted by atomic mass is 35.5. The molecule has 2 aromatic rings. The van der Waals surface area contributed by atoms with Crippen LogP contribution in [0.15, 0.2) is 42.5 Å². The molecule has 5 heteroatoms. The minimum absolute atomic E-state index is 0.158. The minimum Gasteiger partial charge on any atom is -0.465 e. The fourth-order valence-corrected chi connectivity index (χ4v) is 2.26. The molecular formula is C18H18ClNO3. The molecule has 0 saturated heterocycles. The van der Waals surface area contributed by atoms with Gasteiger partial charge in [0.2, 0.25) is 5.91 Å². The van der Waals surface area contributed by atoms with Gasteiger partial charge in [-0.1, -0.05) is 41.4 Å². The summed E-state index contributed by atoms with van der Waals surface area (Å²) in [4.78, 5) is 23.6. The van der Waals surface area contributed by atoms with Crippen molar-refractivity contribution in [1.29, 1.82) is 0 Å². The Balaban J connectivity index is 1.99. The van der Waals surface area contributed by atoms with E-state index >= 15 is 0 Å². The third-order valence-corrected chi connectivity index (χ3v) is 3.75. The van der Waals surface area contributed by atoms with Gasteiger partial charge in [0.1, 0.15) is 0 Å². The highest BCUT2D eigenvalue weighted by Gasteiger charge is 2.11. The lowest BCUT2D eigenvalue weighted by molar-refractivity contribution is -0.116. The molecule has 0 heterocycles. The van der Waals surface area contributed by atoms with E-state index in [-0.39, 0.29) is 5.91 Å². The van der Waals surface area contributed by atoms with Crippen molar-refractivity contribution in [3.05, 3.63) is 64.2 Å². The first-order valence-corrected chi connectivity index (χ1v) is 7.60. The number of ether oxygens (including phenoxy) is 1. The number of carbonyl (C=O) groups excluding carboxylic acids is 2. The van der Waals surface area contributed by atoms with Crippen molar-refractivity contribution < 1.29 is 14.3 Å². The van der Waals surface area contributed by atoms with Crippen LogP contribution in [0, 0.1) is 6.92 Å². The summed E-state index contributed by atoms with van der Waals surface area (Å²) in [5.74, 6) is -0.633. The van der Waals surface area contributed by atoms with Crippen LogP contribution in [-0.2, 0) is 16.0 Å². The SMILES string of the molecule is COC(=O)c1ccc(Cl)c(NC(=O)CCc2ccc(C)cc2)c1. The number of hydrogen-bond acceptors (Lipinski definition) is 3. The summed E-state index contributed by atoms with van der Waals surface area (Å²) < 4.78 is 4.66. The van der Waals surface area contributed by atoms with Crippen molar-refractivity contribution in [1.82, 2.24) is 0 Å². The molecule has 0 aliphatic carbocycles. The van der Waals surface area contributed by atoms with Gasteiger partial charge in [-0.2, -0.15) is 0 Å². The maximum absolute atomic E-state index is 12.1. The van der Waals surface area contributed by atoms with Crippen LogP contribution >= 0.6 is 11.6 Å². The van der Waals surface area contributed by atoms with Crippen LogP contribution in [-0.4, -0.2) is 19.0 Å². The van der Waals surface area contributed by atoms with Crippen molar-refractivity contribution in [2.45, 2.75) is 19.8 Å². The molecule has 0 aliphatic rings. The predicted octanol–water partition coefficient (Wildman–Crippen LogP) is 4.01. The van der Waals surface area contributed by atoms with Crippen LogP contribution in [0.3, 0.4) is 0 Å². The second-order valence-corrected chi connectivity index (χ2v) is 5.63. The van der Waals surface area contributed by atoms with Gasteiger partial charge in [0, 0.05) is 6.42 Å². The van der Waals surface area contributed by atoms with Gasteiger partial charge in [-0.05, 0) is 37.1 Å². The van der Waals surface area contributed by atoms with E-state index in [4.69, 9.17) is 11.6 Å². The Hall–Kier alpha value is -2.33. The number of halogens is 1. The summed E-state index contributed by atoms with van der Waals surface area (Å²) in [6.07, 6.45) is 0.974. The lowest BCUT2D eigenvalue weighted by Crippen LogP contribution is -2.13. The van der Waals surface area contributed by atoms with Gasteiger partial charge in [-0.25, -0.2) is 4.79 Å². The molecule has 23 heavy (non-hydrogen) atoms. The first-order valence-electron chi connectivity index (χ1n) is 7.23. The van der Waals surface area contributed by atoms with Crippen molar-refractivity contribution in [2.24, 2.45) is 0 Å². The van der Waals surface area contributed by atoms with Gasteiger partial charge in [0.05, 0.1) is 23.4 Å². The molecule has 0 atom stereocenters. The summed E-state index contributed by atoms with van der Waals surface area (Å²) in [6.45, 7) is 2.02. The Bertz CT molecular complexity index is 711. The number of nitrogens with one attached hydrogen (secondary N) is 1. The van der Waals surface area contributed by atoms with Crippen molar-refractivity contribution >= 4 is 29.2 Å². The summed E-state index contributed by atoms with van der Waals surface area (Å²) in [5.41, 5.74) is 3.03. The van der Waals surface area contributed by atoms with Gasteiger partial charge in [-0.3, -0.25) is 4.79 Å². The van der Waals surface area contributed by atoms with Crippen LogP contribution in [0.5, 0.6) is 0 Å². The molecule has 4 nitrogen and oxygen atoms in total. The summed E-state index contributed by atoms with van der Waals surface area (Å²) >= 11 is 6.06. The summed E-state index contributed by atoms with van der Waals surface area (Å²) in [7, 11) is 1.30. The average Bonchev–Trinajstić information content (AvgIpc) is 2.55. The van der Waals surface area contributed by atoms with Crippen molar-refractivity contribution in [2.75, 3.05) is 12.4 Å². The smallest absolute Gasteiger partial charge is 0.337 e. The second-order valence-electron chi connectivity index (χ2n) is 5.22. The zero-order chi connectivity index (χ0) is 16.8. The van der Waals surface area contributed by atoms with Crippen LogP contribution in [0.4, 0.5) is 5.69 Å². The number of anilines is 1. The molecule has 1 amide bonds. The van der Waals surface area contributed by atoms with E-state index in [1.165, 1.54) is 18.7 Å². The molecular weight excluding hydrogens is 314 g/mol. The molecule has 0 aromatic heterocycles. The number of aryl methyl sites for hydroxylation is 2. The Morgan fingerprint density at radius 1 is 1.13 bits per heavy atom. The Kier molecular flexibility index (Phi) is 5.77. The standard InChI is InChI=1S/C18H18ClNO3/c1-12-3-5-13(6-4-12)7-10-17(21)20-16-11-14(18(22)23-2)8-9-15(16)19/h3-6,8-9,11H,7,10H2,1-2H3,(H,20,21). The van der Waals surface area contributed by atoms with Gasteiger partial charge in [-0.15, -0.1) is 0 Å². The minimum atomic E-state index is -0.475. The first kappa shape index (κ1) is 17.0. The molecule has 2 aromatic carbocycles. The van der Waals surface area contributed by atoms with Crippen LogP contribution in [0.25, 0.3) is 0 Å². The lowest BCUT2D eigenvalue weighted by Gasteiger charge is -2.09. The number of hydrogen-bond donors (Lipinski definition) is 1. The Morgan fingerprint density at radius 3 is 2.48 bits per heavy atom. The van der Waals surface area contributed by atoms with Crippen molar-refractivity contribution in [3.63, 3.8) is 0 Å². The second kappa shape index (κ2) is 7.79.